The molecule has 1 N–H and O–H groups in total. The van der Waals surface area contributed by atoms with Crippen LogP contribution in [0, 0.1) is 0 Å². The molecule has 1 aromatic carbocycles. The molecule has 0 bridgehead atoms. The molecule has 2 rings (SSSR count). The molecule has 15 heavy (non-hydrogen) atoms. The Kier molecular flexibility index (Phi) is 2.83. The molecule has 1 atom stereocenters. The van der Waals surface area contributed by atoms with Gasteiger partial charge in [-0.15, -0.1) is 5.10 Å². The summed E-state index contributed by atoms with van der Waals surface area (Å²) in [7, 11) is 0. The van der Waals surface area contributed by atoms with Crippen LogP contribution in [0.5, 0.6) is 0 Å². The SMILES string of the molecule is CC(O)c1cn(-c2ccc(Br)cc2)nn1. The van der Waals surface area contributed by atoms with Gasteiger partial charge in [-0.2, -0.15) is 0 Å². The van der Waals surface area contributed by atoms with Gasteiger partial charge in [0, 0.05) is 4.47 Å². The Hall–Kier alpha value is -1.20. The molecule has 0 aliphatic rings. The molecule has 4 nitrogen and oxygen atoms in total. The van der Waals surface area contributed by atoms with Crippen molar-refractivity contribution in [1.29, 1.82) is 0 Å². The number of nitrogens with zero attached hydrogens (tertiary/aromatic N) is 3. The van der Waals surface area contributed by atoms with E-state index in [0.717, 1.165) is 10.2 Å². The molecule has 0 saturated heterocycles. The Morgan fingerprint density at radius 1 is 1.33 bits per heavy atom. The number of hydrogen-bond acceptors (Lipinski definition) is 3. The Balaban J connectivity index is 2.33. The minimum absolute atomic E-state index is 0.568. The first-order chi connectivity index (χ1) is 7.16. The first-order valence-electron chi connectivity index (χ1n) is 4.53. The van der Waals surface area contributed by atoms with E-state index in [1.807, 2.05) is 24.3 Å². The van der Waals surface area contributed by atoms with Crippen molar-refractivity contribution in [2.75, 3.05) is 0 Å². The van der Waals surface area contributed by atoms with E-state index in [1.54, 1.807) is 17.8 Å². The summed E-state index contributed by atoms with van der Waals surface area (Å²) in [5.41, 5.74) is 1.48. The Morgan fingerprint density at radius 2 is 2.00 bits per heavy atom. The maximum absolute atomic E-state index is 9.30. The molecule has 1 unspecified atom stereocenters. The molecule has 1 heterocycles. The van der Waals surface area contributed by atoms with Crippen LogP contribution in [0.4, 0.5) is 0 Å². The fourth-order valence-corrected chi connectivity index (χ4v) is 1.45. The first-order valence-corrected chi connectivity index (χ1v) is 5.32. The van der Waals surface area contributed by atoms with Crippen LogP contribution in [0.2, 0.25) is 0 Å². The van der Waals surface area contributed by atoms with E-state index in [0.29, 0.717) is 5.69 Å². The largest absolute Gasteiger partial charge is 0.387 e. The van der Waals surface area contributed by atoms with Crippen molar-refractivity contribution in [2.45, 2.75) is 13.0 Å². The zero-order valence-corrected chi connectivity index (χ0v) is 9.72. The van der Waals surface area contributed by atoms with Crippen molar-refractivity contribution in [2.24, 2.45) is 0 Å². The summed E-state index contributed by atoms with van der Waals surface area (Å²) in [6.45, 7) is 1.66. The summed E-state index contributed by atoms with van der Waals surface area (Å²) in [6, 6.07) is 7.70. The van der Waals surface area contributed by atoms with Gasteiger partial charge in [-0.1, -0.05) is 21.1 Å². The molecule has 0 amide bonds. The summed E-state index contributed by atoms with van der Waals surface area (Å²) >= 11 is 3.36. The van der Waals surface area contributed by atoms with E-state index >= 15 is 0 Å². The van der Waals surface area contributed by atoms with Gasteiger partial charge in [-0.3, -0.25) is 0 Å². The molecule has 78 valence electrons. The topological polar surface area (TPSA) is 50.9 Å². The van der Waals surface area contributed by atoms with Crippen LogP contribution in [0.3, 0.4) is 0 Å². The van der Waals surface area contributed by atoms with Crippen molar-refractivity contribution in [1.82, 2.24) is 15.0 Å². The molecular weight excluding hydrogens is 258 g/mol. The minimum atomic E-state index is -0.589. The lowest BCUT2D eigenvalue weighted by Gasteiger charge is -1.99. The van der Waals surface area contributed by atoms with Crippen LogP contribution in [0.15, 0.2) is 34.9 Å². The van der Waals surface area contributed by atoms with E-state index < -0.39 is 6.10 Å². The standard InChI is InChI=1S/C10H10BrN3O/c1-7(15)10-6-14(13-12-10)9-4-2-8(11)3-5-9/h2-7,15H,1H3. The number of halogens is 1. The molecule has 1 aromatic heterocycles. The number of hydrogen-bond donors (Lipinski definition) is 1. The maximum atomic E-state index is 9.30. The second-order valence-corrected chi connectivity index (χ2v) is 4.16. The molecule has 0 aliphatic carbocycles. The number of benzene rings is 1. The van der Waals surface area contributed by atoms with Gasteiger partial charge in [0.05, 0.1) is 18.0 Å². The number of rotatable bonds is 2. The second-order valence-electron chi connectivity index (χ2n) is 3.24. The van der Waals surface area contributed by atoms with Crippen molar-refractivity contribution in [3.63, 3.8) is 0 Å². The highest BCUT2D eigenvalue weighted by molar-refractivity contribution is 9.10. The predicted molar refractivity (Wildman–Crippen MR) is 59.7 cm³/mol. The van der Waals surface area contributed by atoms with Crippen LogP contribution in [-0.2, 0) is 0 Å². The summed E-state index contributed by atoms with van der Waals surface area (Å²) < 4.78 is 2.65. The van der Waals surface area contributed by atoms with E-state index in [1.165, 1.54) is 0 Å². The average Bonchev–Trinajstić information content (AvgIpc) is 2.68. The van der Waals surface area contributed by atoms with Gasteiger partial charge >= 0.3 is 0 Å². The Labute approximate surface area is 95.7 Å². The van der Waals surface area contributed by atoms with Gasteiger partial charge in [-0.05, 0) is 31.2 Å². The highest BCUT2D eigenvalue weighted by atomic mass is 79.9. The Morgan fingerprint density at radius 3 is 2.53 bits per heavy atom. The van der Waals surface area contributed by atoms with Crippen LogP contribution in [0.1, 0.15) is 18.7 Å². The van der Waals surface area contributed by atoms with Gasteiger partial charge in [0.2, 0.25) is 0 Å². The number of aliphatic hydroxyl groups is 1. The quantitative estimate of drug-likeness (QED) is 0.907. The van der Waals surface area contributed by atoms with Gasteiger partial charge < -0.3 is 5.11 Å². The van der Waals surface area contributed by atoms with Crippen LogP contribution in [-0.4, -0.2) is 20.1 Å². The molecule has 0 saturated carbocycles. The third-order valence-corrected chi connectivity index (χ3v) is 2.56. The van der Waals surface area contributed by atoms with Crippen LogP contribution < -0.4 is 0 Å². The first kappa shape index (κ1) is 10.3. The van der Waals surface area contributed by atoms with Gasteiger partial charge in [0.15, 0.2) is 0 Å². The maximum Gasteiger partial charge on any atom is 0.111 e. The lowest BCUT2D eigenvalue weighted by atomic mass is 10.3. The summed E-state index contributed by atoms with van der Waals surface area (Å²) in [5.74, 6) is 0. The number of aliphatic hydroxyl groups excluding tert-OH is 1. The van der Waals surface area contributed by atoms with Crippen molar-refractivity contribution in [3.8, 4) is 5.69 Å². The predicted octanol–water partition coefficient (Wildman–Crippen LogP) is 2.08. The third-order valence-electron chi connectivity index (χ3n) is 2.03. The molecule has 5 heteroatoms. The van der Waals surface area contributed by atoms with E-state index in [9.17, 15) is 5.11 Å². The summed E-state index contributed by atoms with van der Waals surface area (Å²) in [5, 5.41) is 17.1. The summed E-state index contributed by atoms with van der Waals surface area (Å²) in [4.78, 5) is 0. The van der Waals surface area contributed by atoms with Crippen molar-refractivity contribution in [3.05, 3.63) is 40.6 Å². The average molecular weight is 268 g/mol. The molecular formula is C10H10BrN3O. The fourth-order valence-electron chi connectivity index (χ4n) is 1.19. The lowest BCUT2D eigenvalue weighted by Crippen LogP contribution is -1.93. The normalized spacial score (nSPS) is 12.7. The zero-order chi connectivity index (χ0) is 10.8. The van der Waals surface area contributed by atoms with E-state index in [2.05, 4.69) is 26.2 Å². The summed E-state index contributed by atoms with van der Waals surface area (Å²) in [6.07, 6.45) is 1.13. The molecule has 0 radical (unpaired) electrons. The monoisotopic (exact) mass is 267 g/mol. The lowest BCUT2D eigenvalue weighted by molar-refractivity contribution is 0.194. The van der Waals surface area contributed by atoms with Gasteiger partial charge in [0.25, 0.3) is 0 Å². The highest BCUT2D eigenvalue weighted by Gasteiger charge is 2.06. The molecule has 0 aliphatic heterocycles. The fraction of sp³-hybridized carbons (Fsp3) is 0.200. The van der Waals surface area contributed by atoms with Crippen molar-refractivity contribution >= 4 is 15.9 Å². The Bertz CT molecular complexity index is 450. The minimum Gasteiger partial charge on any atom is -0.387 e. The zero-order valence-electron chi connectivity index (χ0n) is 8.13. The molecule has 2 aromatic rings. The second kappa shape index (κ2) is 4.12. The van der Waals surface area contributed by atoms with Crippen molar-refractivity contribution < 1.29 is 5.11 Å². The smallest absolute Gasteiger partial charge is 0.111 e. The van der Waals surface area contributed by atoms with Crippen LogP contribution >= 0.6 is 15.9 Å². The highest BCUT2D eigenvalue weighted by Crippen LogP contribution is 2.14. The molecule has 0 spiro atoms. The van der Waals surface area contributed by atoms with Gasteiger partial charge in [-0.25, -0.2) is 4.68 Å². The molecule has 0 fully saturated rings. The van der Waals surface area contributed by atoms with E-state index in [-0.39, 0.29) is 0 Å². The number of aromatic nitrogens is 3. The van der Waals surface area contributed by atoms with Gasteiger partial charge in [0.1, 0.15) is 5.69 Å². The third kappa shape index (κ3) is 2.24. The van der Waals surface area contributed by atoms with Crippen LogP contribution in [0.25, 0.3) is 5.69 Å². The van der Waals surface area contributed by atoms with E-state index in [4.69, 9.17) is 0 Å².